The number of pyridine rings is 1. The van der Waals surface area contributed by atoms with Gasteiger partial charge < -0.3 is 0 Å². The van der Waals surface area contributed by atoms with Crippen molar-refractivity contribution in [3.8, 4) is 0 Å². The van der Waals surface area contributed by atoms with Crippen molar-refractivity contribution in [1.29, 1.82) is 0 Å². The lowest BCUT2D eigenvalue weighted by Crippen LogP contribution is -2.08. The molecule has 0 aromatic carbocycles. The number of halogens is 5. The average molecular weight is 200 g/mol. The minimum absolute atomic E-state index is 0.428. The molecule has 0 aliphatic carbocycles. The summed E-state index contributed by atoms with van der Waals surface area (Å²) in [6, 6.07) is 1.43. The van der Waals surface area contributed by atoms with Crippen LogP contribution < -0.4 is 0 Å². The summed E-state index contributed by atoms with van der Waals surface area (Å²) in [5.74, 6) is -1.31. The Labute approximate surface area is 70.0 Å². The number of rotatable bonds is 0. The fourth-order valence-corrected chi connectivity index (χ4v) is 0.680. The molecule has 0 N–H and O–H groups in total. The lowest BCUT2D eigenvalue weighted by atomic mass is 10.3. The summed E-state index contributed by atoms with van der Waals surface area (Å²) in [5.41, 5.74) is -1.29. The molecule has 1 rings (SSSR count). The van der Waals surface area contributed by atoms with E-state index in [1.54, 1.807) is 0 Å². The van der Waals surface area contributed by atoms with E-state index in [9.17, 15) is 17.6 Å². The van der Waals surface area contributed by atoms with E-state index in [0.717, 1.165) is 6.07 Å². The quantitative estimate of drug-likeness (QED) is 0.463. The van der Waals surface area contributed by atoms with Gasteiger partial charge in [0.05, 0.1) is 5.02 Å². The van der Waals surface area contributed by atoms with Crippen LogP contribution >= 0.6 is 11.6 Å². The Balaban J connectivity index is 3.14. The molecular formula is C6H2ClF4N. The first kappa shape index (κ1) is 9.25. The number of nitrogens with zero attached hydrogens (tertiary/aromatic N) is 1. The number of hydrogen-bond acceptors (Lipinski definition) is 1. The second kappa shape index (κ2) is 2.90. The lowest BCUT2D eigenvalue weighted by Gasteiger charge is -2.04. The topological polar surface area (TPSA) is 12.9 Å². The third-order valence-electron chi connectivity index (χ3n) is 1.09. The molecule has 1 nitrogen and oxygen atoms in total. The zero-order valence-corrected chi connectivity index (χ0v) is 6.25. The van der Waals surface area contributed by atoms with Gasteiger partial charge in [-0.1, -0.05) is 11.6 Å². The van der Waals surface area contributed by atoms with E-state index in [0.29, 0.717) is 6.07 Å². The molecule has 0 saturated carbocycles. The van der Waals surface area contributed by atoms with Gasteiger partial charge in [0.25, 0.3) is 0 Å². The van der Waals surface area contributed by atoms with Crippen LogP contribution in [-0.2, 0) is 6.18 Å². The molecule has 0 bridgehead atoms. The Bertz CT molecular complexity index is 296. The predicted octanol–water partition coefficient (Wildman–Crippen LogP) is 2.89. The highest BCUT2D eigenvalue weighted by molar-refractivity contribution is 6.30. The SMILES string of the molecule is Fc1nc(C(F)(F)F)ccc1Cl. The second-order valence-electron chi connectivity index (χ2n) is 1.97. The van der Waals surface area contributed by atoms with Gasteiger partial charge in [0.1, 0.15) is 5.69 Å². The fourth-order valence-electron chi connectivity index (χ4n) is 0.575. The van der Waals surface area contributed by atoms with Gasteiger partial charge in [-0.2, -0.15) is 17.6 Å². The minimum atomic E-state index is -4.63. The molecule has 1 heterocycles. The summed E-state index contributed by atoms with van der Waals surface area (Å²) in [6.45, 7) is 0. The maximum absolute atomic E-state index is 12.4. The summed E-state index contributed by atoms with van der Waals surface area (Å²) in [5, 5.41) is -0.428. The normalized spacial score (nSPS) is 11.8. The van der Waals surface area contributed by atoms with Crippen molar-refractivity contribution in [3.05, 3.63) is 28.8 Å². The van der Waals surface area contributed by atoms with Crippen LogP contribution in [0.15, 0.2) is 12.1 Å². The van der Waals surface area contributed by atoms with Crippen LogP contribution in [0.1, 0.15) is 5.69 Å². The van der Waals surface area contributed by atoms with Gasteiger partial charge in [-0.3, -0.25) is 0 Å². The maximum Gasteiger partial charge on any atom is 0.433 e. The second-order valence-corrected chi connectivity index (χ2v) is 2.37. The van der Waals surface area contributed by atoms with E-state index in [4.69, 9.17) is 11.6 Å². The van der Waals surface area contributed by atoms with Gasteiger partial charge in [0, 0.05) is 0 Å². The van der Waals surface area contributed by atoms with Crippen molar-refractivity contribution in [3.63, 3.8) is 0 Å². The van der Waals surface area contributed by atoms with Crippen LogP contribution in [0.5, 0.6) is 0 Å². The van der Waals surface area contributed by atoms with Gasteiger partial charge in [0.2, 0.25) is 5.95 Å². The van der Waals surface area contributed by atoms with E-state index in [2.05, 4.69) is 4.98 Å². The highest BCUT2D eigenvalue weighted by atomic mass is 35.5. The summed E-state index contributed by atoms with van der Waals surface area (Å²) in [7, 11) is 0. The summed E-state index contributed by atoms with van der Waals surface area (Å²) in [6.07, 6.45) is -4.63. The first-order chi connectivity index (χ1) is 5.41. The molecule has 0 aliphatic rings. The molecule has 6 heteroatoms. The fraction of sp³-hybridized carbons (Fsp3) is 0.167. The standard InChI is InChI=1S/C6H2ClF4N/c7-3-1-2-4(6(9,10)11)12-5(3)8/h1-2H. The third kappa shape index (κ3) is 1.85. The Kier molecular flexibility index (Phi) is 2.23. The molecule has 0 spiro atoms. The van der Waals surface area contributed by atoms with Crippen molar-refractivity contribution in [2.75, 3.05) is 0 Å². The lowest BCUT2D eigenvalue weighted by molar-refractivity contribution is -0.141. The minimum Gasteiger partial charge on any atom is -0.214 e. The van der Waals surface area contributed by atoms with E-state index in [1.807, 2.05) is 0 Å². The molecule has 66 valence electrons. The van der Waals surface area contributed by atoms with Crippen molar-refractivity contribution in [2.24, 2.45) is 0 Å². The average Bonchev–Trinajstić information content (AvgIpc) is 1.92. The third-order valence-corrected chi connectivity index (χ3v) is 1.38. The molecule has 1 aromatic heterocycles. The molecule has 12 heavy (non-hydrogen) atoms. The molecule has 0 unspecified atom stereocenters. The Morgan fingerprint density at radius 2 is 1.83 bits per heavy atom. The van der Waals surface area contributed by atoms with Crippen LogP contribution in [0.3, 0.4) is 0 Å². The predicted molar refractivity (Wildman–Crippen MR) is 34.2 cm³/mol. The van der Waals surface area contributed by atoms with Gasteiger partial charge in [-0.25, -0.2) is 4.98 Å². The largest absolute Gasteiger partial charge is 0.433 e. The van der Waals surface area contributed by atoms with E-state index in [1.165, 1.54) is 0 Å². The first-order valence-corrected chi connectivity index (χ1v) is 3.18. The van der Waals surface area contributed by atoms with Crippen LogP contribution in [0, 0.1) is 5.95 Å². The first-order valence-electron chi connectivity index (χ1n) is 2.80. The zero-order chi connectivity index (χ0) is 9.35. The maximum atomic E-state index is 12.4. The Morgan fingerprint density at radius 1 is 1.25 bits per heavy atom. The van der Waals surface area contributed by atoms with E-state index < -0.39 is 22.8 Å². The highest BCUT2D eigenvalue weighted by Gasteiger charge is 2.32. The van der Waals surface area contributed by atoms with Crippen molar-refractivity contribution < 1.29 is 17.6 Å². The van der Waals surface area contributed by atoms with Gasteiger partial charge in [0.15, 0.2) is 0 Å². The molecule has 0 atom stereocenters. The van der Waals surface area contributed by atoms with Crippen molar-refractivity contribution in [2.45, 2.75) is 6.18 Å². The number of alkyl halides is 3. The van der Waals surface area contributed by atoms with Crippen LogP contribution in [0.25, 0.3) is 0 Å². The molecule has 1 aromatic rings. The van der Waals surface area contributed by atoms with Gasteiger partial charge in [-0.15, -0.1) is 0 Å². The van der Waals surface area contributed by atoms with Crippen molar-refractivity contribution >= 4 is 11.6 Å². The highest BCUT2D eigenvalue weighted by Crippen LogP contribution is 2.28. The van der Waals surface area contributed by atoms with Crippen LogP contribution in [0.4, 0.5) is 17.6 Å². The van der Waals surface area contributed by atoms with Gasteiger partial charge in [-0.05, 0) is 12.1 Å². The monoisotopic (exact) mass is 199 g/mol. The van der Waals surface area contributed by atoms with Crippen molar-refractivity contribution in [1.82, 2.24) is 4.98 Å². The van der Waals surface area contributed by atoms with Gasteiger partial charge >= 0.3 is 6.18 Å². The molecule has 0 radical (unpaired) electrons. The summed E-state index contributed by atoms with van der Waals surface area (Å²) >= 11 is 5.13. The Hall–Kier alpha value is -0.840. The zero-order valence-electron chi connectivity index (χ0n) is 5.49. The van der Waals surface area contributed by atoms with Crippen LogP contribution in [0.2, 0.25) is 5.02 Å². The molecule has 0 aliphatic heterocycles. The van der Waals surface area contributed by atoms with Crippen LogP contribution in [-0.4, -0.2) is 4.98 Å². The Morgan fingerprint density at radius 3 is 2.25 bits per heavy atom. The molecule has 0 fully saturated rings. The summed E-state index contributed by atoms with van der Waals surface area (Å²) < 4.78 is 47.8. The summed E-state index contributed by atoms with van der Waals surface area (Å²) in [4.78, 5) is 2.62. The molecular weight excluding hydrogens is 198 g/mol. The molecule has 0 amide bonds. The number of hydrogen-bond donors (Lipinski definition) is 0. The smallest absolute Gasteiger partial charge is 0.214 e. The van der Waals surface area contributed by atoms with E-state index >= 15 is 0 Å². The molecule has 0 saturated heterocycles. The number of aromatic nitrogens is 1. The van der Waals surface area contributed by atoms with E-state index in [-0.39, 0.29) is 0 Å².